The highest BCUT2D eigenvalue weighted by Crippen LogP contribution is 2.24. The first-order valence-corrected chi connectivity index (χ1v) is 12.3. The van der Waals surface area contributed by atoms with E-state index in [0.717, 1.165) is 37.3 Å². The van der Waals surface area contributed by atoms with Crippen molar-refractivity contribution in [2.45, 2.75) is 39.5 Å². The zero-order chi connectivity index (χ0) is 23.1. The molecule has 1 amide bonds. The fraction of sp³-hybridized carbons (Fsp3) is 0.333. The maximum atomic E-state index is 13.6. The second kappa shape index (κ2) is 8.76. The minimum Gasteiger partial charge on any atom is -0.342 e. The summed E-state index contributed by atoms with van der Waals surface area (Å²) >= 11 is 7.54. The Morgan fingerprint density at radius 2 is 1.94 bits per heavy atom. The summed E-state index contributed by atoms with van der Waals surface area (Å²) in [6.07, 6.45) is 3.43. The molecule has 0 atom stereocenters. The lowest BCUT2D eigenvalue weighted by atomic mass is 10.1. The highest BCUT2D eigenvalue weighted by Gasteiger charge is 2.22. The minimum absolute atomic E-state index is 0.0597. The molecule has 7 nitrogen and oxygen atoms in total. The van der Waals surface area contributed by atoms with Crippen LogP contribution in [0.4, 0.5) is 0 Å². The number of aromatic nitrogens is 4. The fourth-order valence-electron chi connectivity index (χ4n) is 4.40. The van der Waals surface area contributed by atoms with Gasteiger partial charge in [-0.15, -0.1) is 11.3 Å². The summed E-state index contributed by atoms with van der Waals surface area (Å²) < 4.78 is 3.34. The van der Waals surface area contributed by atoms with Gasteiger partial charge in [-0.25, -0.2) is 9.67 Å². The normalized spacial score (nSPS) is 14.2. The van der Waals surface area contributed by atoms with Crippen molar-refractivity contribution in [3.8, 4) is 16.9 Å². The van der Waals surface area contributed by atoms with E-state index in [1.54, 1.807) is 9.08 Å². The molecule has 9 heteroatoms. The summed E-state index contributed by atoms with van der Waals surface area (Å²) in [7, 11) is 0. The van der Waals surface area contributed by atoms with E-state index in [1.807, 2.05) is 54.5 Å². The number of fused-ring (bicyclic) bond motifs is 1. The maximum Gasteiger partial charge on any atom is 0.268 e. The van der Waals surface area contributed by atoms with Gasteiger partial charge in [0.1, 0.15) is 5.69 Å². The number of aryl methyl sites for hydroxylation is 2. The average molecular weight is 482 g/mol. The Morgan fingerprint density at radius 3 is 2.70 bits per heavy atom. The van der Waals surface area contributed by atoms with Crippen molar-refractivity contribution < 1.29 is 4.79 Å². The first-order valence-electron chi connectivity index (χ1n) is 11.0. The number of thiazole rings is 1. The van der Waals surface area contributed by atoms with E-state index in [9.17, 15) is 9.59 Å². The molecule has 1 aliphatic rings. The molecular formula is C24H24ClN5O2S. The number of nitrogens with zero attached hydrogens (tertiary/aromatic N) is 5. The molecule has 5 rings (SSSR count). The van der Waals surface area contributed by atoms with Gasteiger partial charge in [0, 0.05) is 34.9 Å². The van der Waals surface area contributed by atoms with Crippen molar-refractivity contribution in [3.05, 3.63) is 68.2 Å². The van der Waals surface area contributed by atoms with E-state index >= 15 is 0 Å². The predicted molar refractivity (Wildman–Crippen MR) is 131 cm³/mol. The third-order valence-electron chi connectivity index (χ3n) is 6.06. The SMILES string of the molecule is Cc1nc2scc(CC(=O)N3CCCCC3)n2c(=O)c1-c1cc(C)n(-c2cccc(Cl)c2)n1. The summed E-state index contributed by atoms with van der Waals surface area (Å²) in [5.74, 6) is 0.0597. The smallest absolute Gasteiger partial charge is 0.268 e. The Labute approximate surface area is 200 Å². The number of carbonyl (C=O) groups is 1. The second-order valence-corrected chi connectivity index (χ2v) is 9.68. The van der Waals surface area contributed by atoms with E-state index in [0.29, 0.717) is 32.6 Å². The zero-order valence-electron chi connectivity index (χ0n) is 18.5. The molecule has 4 aromatic rings. The quantitative estimate of drug-likeness (QED) is 0.432. The molecule has 0 saturated carbocycles. The molecule has 1 aromatic carbocycles. The molecule has 170 valence electrons. The summed E-state index contributed by atoms with van der Waals surface area (Å²) in [4.78, 5) is 33.6. The van der Waals surface area contributed by atoms with E-state index in [4.69, 9.17) is 16.7 Å². The van der Waals surface area contributed by atoms with Crippen LogP contribution in [-0.4, -0.2) is 43.1 Å². The molecule has 1 fully saturated rings. The van der Waals surface area contributed by atoms with Crippen molar-refractivity contribution in [2.24, 2.45) is 0 Å². The van der Waals surface area contributed by atoms with Crippen molar-refractivity contribution in [2.75, 3.05) is 13.1 Å². The minimum atomic E-state index is -0.198. The van der Waals surface area contributed by atoms with Crippen LogP contribution in [0, 0.1) is 13.8 Å². The standard InChI is InChI=1S/C24H24ClN5O2S/c1-15-11-20(27-30(15)18-8-6-7-17(25)12-18)22-16(2)26-24-29(23(22)32)19(14-33-24)13-21(31)28-9-4-3-5-10-28/h6-8,11-12,14H,3-5,9-10,13H2,1-2H3. The summed E-state index contributed by atoms with van der Waals surface area (Å²) in [6, 6.07) is 9.30. The summed E-state index contributed by atoms with van der Waals surface area (Å²) in [5.41, 5.74) is 3.79. The van der Waals surface area contributed by atoms with Crippen molar-refractivity contribution >= 4 is 33.8 Å². The third kappa shape index (κ3) is 4.09. The lowest BCUT2D eigenvalue weighted by molar-refractivity contribution is -0.131. The zero-order valence-corrected chi connectivity index (χ0v) is 20.1. The Bertz CT molecular complexity index is 1410. The molecule has 0 aliphatic carbocycles. The van der Waals surface area contributed by atoms with Gasteiger partial charge in [0.05, 0.1) is 23.4 Å². The van der Waals surface area contributed by atoms with Gasteiger partial charge in [-0.2, -0.15) is 5.10 Å². The number of rotatable bonds is 4. The van der Waals surface area contributed by atoms with Crippen LogP contribution < -0.4 is 5.56 Å². The number of benzene rings is 1. The maximum absolute atomic E-state index is 13.6. The van der Waals surface area contributed by atoms with Gasteiger partial charge < -0.3 is 4.90 Å². The Hall–Kier alpha value is -2.97. The Kier molecular flexibility index (Phi) is 5.80. The van der Waals surface area contributed by atoms with Crippen LogP contribution in [-0.2, 0) is 11.2 Å². The molecule has 3 aromatic heterocycles. The molecule has 1 saturated heterocycles. The van der Waals surface area contributed by atoms with Gasteiger partial charge in [-0.05, 0) is 57.4 Å². The lowest BCUT2D eigenvalue weighted by Crippen LogP contribution is -2.37. The second-order valence-electron chi connectivity index (χ2n) is 8.40. The van der Waals surface area contributed by atoms with Crippen LogP contribution in [0.25, 0.3) is 21.9 Å². The van der Waals surface area contributed by atoms with Gasteiger partial charge in [-0.3, -0.25) is 14.0 Å². The lowest BCUT2D eigenvalue weighted by Gasteiger charge is -2.26. The van der Waals surface area contributed by atoms with Crippen LogP contribution in [0.3, 0.4) is 0 Å². The van der Waals surface area contributed by atoms with Crippen LogP contribution in [0.2, 0.25) is 5.02 Å². The van der Waals surface area contributed by atoms with Crippen molar-refractivity contribution in [3.63, 3.8) is 0 Å². The molecule has 0 spiro atoms. The van der Waals surface area contributed by atoms with Crippen LogP contribution >= 0.6 is 22.9 Å². The average Bonchev–Trinajstić information content (AvgIpc) is 3.37. The molecule has 4 heterocycles. The van der Waals surface area contributed by atoms with E-state index < -0.39 is 0 Å². The number of hydrogen-bond acceptors (Lipinski definition) is 5. The summed E-state index contributed by atoms with van der Waals surface area (Å²) in [5, 5.41) is 7.18. The number of halogens is 1. The number of carbonyl (C=O) groups excluding carboxylic acids is 1. The monoisotopic (exact) mass is 481 g/mol. The first-order chi connectivity index (χ1) is 15.9. The molecule has 0 radical (unpaired) electrons. The Balaban J connectivity index is 1.56. The van der Waals surface area contributed by atoms with Gasteiger partial charge in [0.2, 0.25) is 5.91 Å². The van der Waals surface area contributed by atoms with E-state index in [1.165, 1.54) is 17.8 Å². The highest BCUT2D eigenvalue weighted by molar-refractivity contribution is 7.15. The van der Waals surface area contributed by atoms with Gasteiger partial charge in [0.25, 0.3) is 5.56 Å². The first kappa shape index (κ1) is 21.9. The Morgan fingerprint density at radius 1 is 1.15 bits per heavy atom. The van der Waals surface area contributed by atoms with Crippen LogP contribution in [0.15, 0.2) is 40.5 Å². The third-order valence-corrected chi connectivity index (χ3v) is 7.17. The van der Waals surface area contributed by atoms with Gasteiger partial charge in [-0.1, -0.05) is 17.7 Å². The number of amides is 1. The largest absolute Gasteiger partial charge is 0.342 e. The van der Waals surface area contributed by atoms with Crippen LogP contribution in [0.5, 0.6) is 0 Å². The molecular weight excluding hydrogens is 458 g/mol. The topological polar surface area (TPSA) is 72.5 Å². The van der Waals surface area contributed by atoms with E-state index in [2.05, 4.69) is 4.98 Å². The number of piperidine rings is 1. The summed E-state index contributed by atoms with van der Waals surface area (Å²) in [6.45, 7) is 5.34. The van der Waals surface area contributed by atoms with Gasteiger partial charge >= 0.3 is 0 Å². The highest BCUT2D eigenvalue weighted by atomic mass is 35.5. The van der Waals surface area contributed by atoms with Crippen molar-refractivity contribution in [1.82, 2.24) is 24.1 Å². The predicted octanol–water partition coefficient (Wildman–Crippen LogP) is 4.43. The van der Waals surface area contributed by atoms with Gasteiger partial charge in [0.15, 0.2) is 4.96 Å². The molecule has 33 heavy (non-hydrogen) atoms. The number of likely N-dealkylation sites (tertiary alicyclic amines) is 1. The number of hydrogen-bond donors (Lipinski definition) is 0. The molecule has 0 unspecified atom stereocenters. The van der Waals surface area contributed by atoms with E-state index in [-0.39, 0.29) is 17.9 Å². The van der Waals surface area contributed by atoms with Crippen LogP contribution in [0.1, 0.15) is 36.3 Å². The van der Waals surface area contributed by atoms with Crippen molar-refractivity contribution in [1.29, 1.82) is 0 Å². The molecule has 0 N–H and O–H groups in total. The fourth-order valence-corrected chi connectivity index (χ4v) is 5.51. The molecule has 0 bridgehead atoms. The molecule has 1 aliphatic heterocycles.